The molecule has 0 saturated carbocycles. The summed E-state index contributed by atoms with van der Waals surface area (Å²) in [5, 5.41) is 12.1. The Bertz CT molecular complexity index is 1080. The van der Waals surface area contributed by atoms with Gasteiger partial charge in [0.2, 0.25) is 0 Å². The van der Waals surface area contributed by atoms with E-state index in [4.69, 9.17) is 9.47 Å². The Hall–Kier alpha value is -4.04. The average Bonchev–Trinajstić information content (AvgIpc) is 2.78. The lowest BCUT2D eigenvalue weighted by Crippen LogP contribution is -2.13. The lowest BCUT2D eigenvalue weighted by Gasteiger charge is -2.09. The third kappa shape index (κ3) is 5.49. The molecule has 3 rings (SSSR count). The Morgan fingerprint density at radius 2 is 1.67 bits per heavy atom. The van der Waals surface area contributed by atoms with E-state index in [2.05, 4.69) is 5.32 Å². The van der Waals surface area contributed by atoms with Crippen molar-refractivity contribution in [2.24, 2.45) is 0 Å². The summed E-state index contributed by atoms with van der Waals surface area (Å²) < 4.78 is 10.9. The molecule has 0 heterocycles. The highest BCUT2D eigenvalue weighted by Gasteiger charge is 2.10. The summed E-state index contributed by atoms with van der Waals surface area (Å²) in [7, 11) is 1.57. The number of nitriles is 1. The lowest BCUT2D eigenvalue weighted by molar-refractivity contribution is -0.112. The molecule has 0 spiro atoms. The summed E-state index contributed by atoms with van der Waals surface area (Å²) in [5.74, 6) is 0.938. The van der Waals surface area contributed by atoms with Crippen LogP contribution in [-0.4, -0.2) is 13.0 Å². The molecule has 0 saturated heterocycles. The molecule has 150 valence electrons. The Balaban J connectivity index is 1.64. The van der Waals surface area contributed by atoms with Crippen molar-refractivity contribution in [1.82, 2.24) is 0 Å². The predicted octanol–water partition coefficient (Wildman–Crippen LogP) is 5.13. The van der Waals surface area contributed by atoms with Gasteiger partial charge < -0.3 is 14.8 Å². The second-order valence-electron chi connectivity index (χ2n) is 6.64. The molecular formula is C25H22N2O3. The lowest BCUT2D eigenvalue weighted by atomic mass is 10.1. The van der Waals surface area contributed by atoms with Crippen LogP contribution in [-0.2, 0) is 11.4 Å². The molecule has 0 bridgehead atoms. The van der Waals surface area contributed by atoms with Gasteiger partial charge in [0.15, 0.2) is 0 Å². The van der Waals surface area contributed by atoms with E-state index in [-0.39, 0.29) is 5.57 Å². The third-order valence-corrected chi connectivity index (χ3v) is 4.56. The average molecular weight is 398 g/mol. The van der Waals surface area contributed by atoms with Gasteiger partial charge in [-0.15, -0.1) is 0 Å². The van der Waals surface area contributed by atoms with E-state index < -0.39 is 5.91 Å². The number of amides is 1. The van der Waals surface area contributed by atoms with E-state index in [0.717, 1.165) is 16.9 Å². The van der Waals surface area contributed by atoms with Gasteiger partial charge in [0, 0.05) is 5.69 Å². The van der Waals surface area contributed by atoms with Crippen LogP contribution in [0.15, 0.2) is 78.4 Å². The van der Waals surface area contributed by atoms with Crippen molar-refractivity contribution in [3.63, 3.8) is 0 Å². The molecule has 0 unspecified atom stereocenters. The Morgan fingerprint density at radius 3 is 2.30 bits per heavy atom. The largest absolute Gasteiger partial charge is 0.497 e. The molecule has 1 N–H and O–H groups in total. The second-order valence-corrected chi connectivity index (χ2v) is 6.64. The van der Waals surface area contributed by atoms with Crippen molar-refractivity contribution in [3.05, 3.63) is 95.1 Å². The number of hydrogen-bond donors (Lipinski definition) is 1. The molecule has 0 aliphatic carbocycles. The van der Waals surface area contributed by atoms with Gasteiger partial charge in [0.1, 0.15) is 29.7 Å². The number of ether oxygens (including phenoxy) is 2. The van der Waals surface area contributed by atoms with Crippen LogP contribution >= 0.6 is 0 Å². The standard InChI is InChI=1S/C25H22N2O3/c1-18-5-3-4-6-20(18)17-30-24-11-7-19(8-12-24)15-21(16-26)25(28)27-22-9-13-23(29-2)14-10-22/h3-15H,17H2,1-2H3,(H,27,28). The summed E-state index contributed by atoms with van der Waals surface area (Å²) in [6, 6.07) is 24.2. The van der Waals surface area contributed by atoms with Gasteiger partial charge in [0.25, 0.3) is 5.91 Å². The highest BCUT2D eigenvalue weighted by atomic mass is 16.5. The third-order valence-electron chi connectivity index (χ3n) is 4.56. The molecule has 0 aliphatic heterocycles. The number of hydrogen-bond acceptors (Lipinski definition) is 4. The minimum atomic E-state index is -0.470. The Morgan fingerprint density at radius 1 is 1.00 bits per heavy atom. The molecular weight excluding hydrogens is 376 g/mol. The van der Waals surface area contributed by atoms with Gasteiger partial charge in [-0.2, -0.15) is 5.26 Å². The van der Waals surface area contributed by atoms with Crippen LogP contribution < -0.4 is 14.8 Å². The zero-order valence-electron chi connectivity index (χ0n) is 16.9. The van der Waals surface area contributed by atoms with Gasteiger partial charge in [-0.3, -0.25) is 4.79 Å². The summed E-state index contributed by atoms with van der Waals surface area (Å²) in [4.78, 5) is 12.4. The Kier molecular flexibility index (Phi) is 6.86. The molecule has 5 nitrogen and oxygen atoms in total. The van der Waals surface area contributed by atoms with E-state index >= 15 is 0 Å². The molecule has 1 amide bonds. The number of methoxy groups -OCH3 is 1. The number of carbonyl (C=O) groups is 1. The first-order chi connectivity index (χ1) is 14.6. The summed E-state index contributed by atoms with van der Waals surface area (Å²) in [5.41, 5.74) is 3.64. The van der Waals surface area contributed by atoms with Crippen molar-refractivity contribution >= 4 is 17.7 Å². The number of nitrogens with one attached hydrogen (secondary N) is 1. The number of nitrogens with zero attached hydrogens (tertiary/aromatic N) is 1. The quantitative estimate of drug-likeness (QED) is 0.442. The number of anilines is 1. The van der Waals surface area contributed by atoms with Crippen LogP contribution in [0.1, 0.15) is 16.7 Å². The SMILES string of the molecule is COc1ccc(NC(=O)C(C#N)=Cc2ccc(OCc3ccccc3C)cc2)cc1. The summed E-state index contributed by atoms with van der Waals surface area (Å²) >= 11 is 0. The van der Waals surface area contributed by atoms with E-state index in [0.29, 0.717) is 18.0 Å². The molecule has 0 radical (unpaired) electrons. The van der Waals surface area contributed by atoms with Crippen LogP contribution in [0.25, 0.3) is 6.08 Å². The van der Waals surface area contributed by atoms with Gasteiger partial charge >= 0.3 is 0 Å². The smallest absolute Gasteiger partial charge is 0.266 e. The summed E-state index contributed by atoms with van der Waals surface area (Å²) in [6.45, 7) is 2.53. The zero-order valence-corrected chi connectivity index (χ0v) is 16.9. The van der Waals surface area contributed by atoms with Crippen molar-refractivity contribution in [2.75, 3.05) is 12.4 Å². The van der Waals surface area contributed by atoms with E-state index in [1.165, 1.54) is 5.56 Å². The first-order valence-electron chi connectivity index (χ1n) is 9.43. The molecule has 0 aliphatic rings. The molecule has 30 heavy (non-hydrogen) atoms. The molecule has 0 fully saturated rings. The van der Waals surface area contributed by atoms with Crippen LogP contribution in [0.3, 0.4) is 0 Å². The van der Waals surface area contributed by atoms with Gasteiger partial charge in [-0.25, -0.2) is 0 Å². The summed E-state index contributed by atoms with van der Waals surface area (Å²) in [6.07, 6.45) is 1.55. The van der Waals surface area contributed by atoms with Crippen LogP contribution in [0.5, 0.6) is 11.5 Å². The highest BCUT2D eigenvalue weighted by Crippen LogP contribution is 2.19. The van der Waals surface area contributed by atoms with E-state index in [1.54, 1.807) is 37.5 Å². The fourth-order valence-corrected chi connectivity index (χ4v) is 2.78. The number of rotatable bonds is 7. The maximum absolute atomic E-state index is 12.4. The first-order valence-corrected chi connectivity index (χ1v) is 9.43. The van der Waals surface area contributed by atoms with Crippen molar-refractivity contribution in [3.8, 4) is 17.6 Å². The number of aryl methyl sites for hydroxylation is 1. The molecule has 5 heteroatoms. The fraction of sp³-hybridized carbons (Fsp3) is 0.120. The topological polar surface area (TPSA) is 71.3 Å². The minimum Gasteiger partial charge on any atom is -0.497 e. The second kappa shape index (κ2) is 9.94. The van der Waals surface area contributed by atoms with Gasteiger partial charge in [-0.05, 0) is 66.1 Å². The van der Waals surface area contributed by atoms with Crippen molar-refractivity contribution in [2.45, 2.75) is 13.5 Å². The van der Waals surface area contributed by atoms with Gasteiger partial charge in [0.05, 0.1) is 7.11 Å². The highest BCUT2D eigenvalue weighted by molar-refractivity contribution is 6.09. The number of carbonyl (C=O) groups excluding carboxylic acids is 1. The van der Waals surface area contributed by atoms with Gasteiger partial charge in [-0.1, -0.05) is 36.4 Å². The van der Waals surface area contributed by atoms with Crippen LogP contribution in [0.2, 0.25) is 0 Å². The monoisotopic (exact) mass is 398 g/mol. The van der Waals surface area contributed by atoms with E-state index in [1.807, 2.05) is 61.5 Å². The molecule has 0 aromatic heterocycles. The predicted molar refractivity (Wildman–Crippen MR) is 117 cm³/mol. The normalized spacial score (nSPS) is 10.8. The van der Waals surface area contributed by atoms with Crippen molar-refractivity contribution in [1.29, 1.82) is 5.26 Å². The molecule has 3 aromatic carbocycles. The molecule has 0 atom stereocenters. The maximum Gasteiger partial charge on any atom is 0.266 e. The minimum absolute atomic E-state index is 0.0133. The zero-order chi connectivity index (χ0) is 21.3. The van der Waals surface area contributed by atoms with E-state index in [9.17, 15) is 10.1 Å². The van der Waals surface area contributed by atoms with Crippen LogP contribution in [0.4, 0.5) is 5.69 Å². The number of benzene rings is 3. The first kappa shape index (κ1) is 20.7. The molecule has 3 aromatic rings. The fourth-order valence-electron chi connectivity index (χ4n) is 2.78. The van der Waals surface area contributed by atoms with Crippen LogP contribution in [0, 0.1) is 18.3 Å². The maximum atomic E-state index is 12.4. The Labute approximate surface area is 176 Å². The van der Waals surface area contributed by atoms with Crippen molar-refractivity contribution < 1.29 is 14.3 Å².